The minimum atomic E-state index is -0.0213. The minimum Gasteiger partial charge on any atom is -0.358 e. The van der Waals surface area contributed by atoms with Crippen LogP contribution in [0.3, 0.4) is 0 Å². The molecule has 0 saturated carbocycles. The Labute approximate surface area is 86.0 Å². The Kier molecular flexibility index (Phi) is 3.89. The first-order valence-electron chi connectivity index (χ1n) is 5.26. The van der Waals surface area contributed by atoms with Gasteiger partial charge in [0.2, 0.25) is 5.91 Å². The number of likely N-dealkylation sites (N-methyl/N-ethyl adjacent to an activating group) is 1. The van der Waals surface area contributed by atoms with Crippen LogP contribution in [0.4, 0.5) is 0 Å². The molecule has 0 aliphatic carbocycles. The summed E-state index contributed by atoms with van der Waals surface area (Å²) in [5, 5.41) is 6.14. The number of carbonyl (C=O) groups excluding carboxylic acids is 1. The molecule has 4 nitrogen and oxygen atoms in total. The van der Waals surface area contributed by atoms with Crippen molar-refractivity contribution in [1.29, 1.82) is 0 Å². The quantitative estimate of drug-likeness (QED) is 0.647. The molecule has 3 atom stereocenters. The first-order chi connectivity index (χ1) is 6.54. The summed E-state index contributed by atoms with van der Waals surface area (Å²) in [5.41, 5.74) is 0. The highest BCUT2D eigenvalue weighted by Crippen LogP contribution is 2.08. The van der Waals surface area contributed by atoms with Gasteiger partial charge in [0.15, 0.2) is 0 Å². The van der Waals surface area contributed by atoms with Crippen LogP contribution in [-0.2, 0) is 4.79 Å². The van der Waals surface area contributed by atoms with E-state index in [1.807, 2.05) is 6.92 Å². The summed E-state index contributed by atoms with van der Waals surface area (Å²) in [4.78, 5) is 13.7. The van der Waals surface area contributed by atoms with E-state index in [4.69, 9.17) is 0 Å². The lowest BCUT2D eigenvalue weighted by Gasteiger charge is -2.38. The maximum Gasteiger partial charge on any atom is 0.236 e. The van der Waals surface area contributed by atoms with Crippen LogP contribution in [0.5, 0.6) is 0 Å². The molecule has 14 heavy (non-hydrogen) atoms. The van der Waals surface area contributed by atoms with Gasteiger partial charge in [0.25, 0.3) is 0 Å². The van der Waals surface area contributed by atoms with Crippen LogP contribution in [0, 0.1) is 0 Å². The number of rotatable bonds is 2. The van der Waals surface area contributed by atoms with Crippen LogP contribution in [-0.4, -0.2) is 49.1 Å². The fourth-order valence-electron chi connectivity index (χ4n) is 2.06. The molecule has 1 fully saturated rings. The molecular weight excluding hydrogens is 178 g/mol. The Balaban J connectivity index is 2.54. The third kappa shape index (κ3) is 2.69. The Bertz CT molecular complexity index is 198. The lowest BCUT2D eigenvalue weighted by molar-refractivity contribution is -0.126. The van der Waals surface area contributed by atoms with Crippen molar-refractivity contribution in [2.75, 3.05) is 20.1 Å². The van der Waals surface area contributed by atoms with Crippen LogP contribution in [0.15, 0.2) is 0 Å². The Morgan fingerprint density at radius 1 is 1.43 bits per heavy atom. The van der Waals surface area contributed by atoms with Crippen molar-refractivity contribution in [3.05, 3.63) is 0 Å². The summed E-state index contributed by atoms with van der Waals surface area (Å²) in [6.45, 7) is 8.15. The molecule has 2 N–H and O–H groups in total. The molecule has 1 amide bonds. The maximum absolute atomic E-state index is 11.5. The average Bonchev–Trinajstić information content (AvgIpc) is 2.14. The van der Waals surface area contributed by atoms with Gasteiger partial charge >= 0.3 is 0 Å². The first-order valence-corrected chi connectivity index (χ1v) is 5.26. The van der Waals surface area contributed by atoms with E-state index in [0.29, 0.717) is 12.1 Å². The summed E-state index contributed by atoms with van der Waals surface area (Å²) in [5.74, 6) is 0.103. The van der Waals surface area contributed by atoms with Gasteiger partial charge < -0.3 is 10.6 Å². The van der Waals surface area contributed by atoms with Crippen molar-refractivity contribution in [2.45, 2.75) is 38.9 Å². The monoisotopic (exact) mass is 199 g/mol. The van der Waals surface area contributed by atoms with Crippen LogP contribution >= 0.6 is 0 Å². The number of nitrogens with one attached hydrogen (secondary N) is 2. The molecule has 82 valence electrons. The standard InChI is InChI=1S/C10H21N3O/c1-7-5-13(6-8(2)12-7)9(3)10(14)11-4/h7-9,12H,5-6H2,1-4H3,(H,11,14). The van der Waals surface area contributed by atoms with Gasteiger partial charge in [-0.25, -0.2) is 0 Å². The highest BCUT2D eigenvalue weighted by atomic mass is 16.2. The molecule has 0 radical (unpaired) electrons. The molecule has 1 aliphatic rings. The van der Waals surface area contributed by atoms with Crippen molar-refractivity contribution in [1.82, 2.24) is 15.5 Å². The maximum atomic E-state index is 11.5. The second-order valence-electron chi connectivity index (χ2n) is 4.21. The first kappa shape index (κ1) is 11.5. The molecular formula is C10H21N3O. The van der Waals surface area contributed by atoms with Gasteiger partial charge in [-0.05, 0) is 20.8 Å². The minimum absolute atomic E-state index is 0.0213. The van der Waals surface area contributed by atoms with E-state index in [1.54, 1.807) is 7.05 Å². The summed E-state index contributed by atoms with van der Waals surface area (Å²) in [6.07, 6.45) is 0. The lowest BCUT2D eigenvalue weighted by Crippen LogP contribution is -2.59. The highest BCUT2D eigenvalue weighted by molar-refractivity contribution is 5.80. The van der Waals surface area contributed by atoms with Gasteiger partial charge in [-0.3, -0.25) is 9.69 Å². The van der Waals surface area contributed by atoms with Crippen LogP contribution in [0.1, 0.15) is 20.8 Å². The summed E-state index contributed by atoms with van der Waals surface area (Å²) in [6, 6.07) is 0.906. The normalized spacial score (nSPS) is 31.1. The van der Waals surface area contributed by atoms with Gasteiger partial charge in [0, 0.05) is 32.2 Å². The van der Waals surface area contributed by atoms with E-state index in [1.165, 1.54) is 0 Å². The van der Waals surface area contributed by atoms with Crippen molar-refractivity contribution in [3.63, 3.8) is 0 Å². The fourth-order valence-corrected chi connectivity index (χ4v) is 2.06. The van der Waals surface area contributed by atoms with Crippen molar-refractivity contribution in [3.8, 4) is 0 Å². The van der Waals surface area contributed by atoms with E-state index in [9.17, 15) is 4.79 Å². The Morgan fingerprint density at radius 2 is 1.93 bits per heavy atom. The third-order valence-corrected chi connectivity index (χ3v) is 2.76. The van der Waals surface area contributed by atoms with Crippen molar-refractivity contribution in [2.24, 2.45) is 0 Å². The largest absolute Gasteiger partial charge is 0.358 e. The highest BCUT2D eigenvalue weighted by Gasteiger charge is 2.27. The number of carbonyl (C=O) groups is 1. The zero-order chi connectivity index (χ0) is 10.7. The van der Waals surface area contributed by atoms with Crippen LogP contribution in [0.2, 0.25) is 0 Å². The van der Waals surface area contributed by atoms with Crippen LogP contribution < -0.4 is 10.6 Å². The molecule has 3 unspecified atom stereocenters. The predicted octanol–water partition coefficient (Wildman–Crippen LogP) is -0.197. The smallest absolute Gasteiger partial charge is 0.236 e. The SMILES string of the molecule is CNC(=O)C(C)N1CC(C)NC(C)C1. The molecule has 1 heterocycles. The summed E-state index contributed by atoms with van der Waals surface area (Å²) in [7, 11) is 1.69. The fraction of sp³-hybridized carbons (Fsp3) is 0.900. The van der Waals surface area contributed by atoms with E-state index in [0.717, 1.165) is 13.1 Å². The van der Waals surface area contributed by atoms with Crippen LogP contribution in [0.25, 0.3) is 0 Å². The van der Waals surface area contributed by atoms with Gasteiger partial charge in [0.05, 0.1) is 6.04 Å². The zero-order valence-electron chi connectivity index (χ0n) is 9.50. The Hall–Kier alpha value is -0.610. The molecule has 1 rings (SSSR count). The summed E-state index contributed by atoms with van der Waals surface area (Å²) >= 11 is 0. The van der Waals surface area contributed by atoms with Crippen molar-refractivity contribution < 1.29 is 4.79 Å². The number of hydrogen-bond acceptors (Lipinski definition) is 3. The van der Waals surface area contributed by atoms with E-state index in [2.05, 4.69) is 29.4 Å². The van der Waals surface area contributed by atoms with Gasteiger partial charge in [0.1, 0.15) is 0 Å². The van der Waals surface area contributed by atoms with Crippen molar-refractivity contribution >= 4 is 5.91 Å². The molecule has 0 aromatic heterocycles. The van der Waals surface area contributed by atoms with Gasteiger partial charge in [-0.1, -0.05) is 0 Å². The predicted molar refractivity (Wildman–Crippen MR) is 57.2 cm³/mol. The topological polar surface area (TPSA) is 44.4 Å². The molecule has 0 bridgehead atoms. The molecule has 0 aromatic carbocycles. The average molecular weight is 199 g/mol. The molecule has 1 aliphatic heterocycles. The number of piperazine rings is 1. The second kappa shape index (κ2) is 4.75. The Morgan fingerprint density at radius 3 is 2.36 bits per heavy atom. The van der Waals surface area contributed by atoms with Gasteiger partial charge in [-0.15, -0.1) is 0 Å². The van der Waals surface area contributed by atoms with E-state index >= 15 is 0 Å². The van der Waals surface area contributed by atoms with E-state index in [-0.39, 0.29) is 11.9 Å². The molecule has 0 spiro atoms. The van der Waals surface area contributed by atoms with Gasteiger partial charge in [-0.2, -0.15) is 0 Å². The molecule has 1 saturated heterocycles. The number of nitrogens with zero attached hydrogens (tertiary/aromatic N) is 1. The lowest BCUT2D eigenvalue weighted by atomic mass is 10.1. The second-order valence-corrected chi connectivity index (χ2v) is 4.21. The summed E-state index contributed by atoms with van der Waals surface area (Å²) < 4.78 is 0. The van der Waals surface area contributed by atoms with E-state index < -0.39 is 0 Å². The molecule has 4 heteroatoms. The third-order valence-electron chi connectivity index (χ3n) is 2.76. The zero-order valence-corrected chi connectivity index (χ0v) is 9.50. The number of hydrogen-bond donors (Lipinski definition) is 2. The number of amides is 1. The molecule has 0 aromatic rings.